The molecule has 0 spiro atoms. The number of benzene rings is 3. The van der Waals surface area contributed by atoms with Gasteiger partial charge < -0.3 is 14.6 Å². The van der Waals surface area contributed by atoms with Crippen molar-refractivity contribution in [2.75, 3.05) is 11.1 Å². The maximum atomic E-state index is 12.4. The van der Waals surface area contributed by atoms with Crippen molar-refractivity contribution >= 4 is 57.3 Å². The van der Waals surface area contributed by atoms with Crippen LogP contribution in [0.3, 0.4) is 0 Å². The van der Waals surface area contributed by atoms with E-state index in [0.717, 1.165) is 16.5 Å². The van der Waals surface area contributed by atoms with Crippen molar-refractivity contribution in [1.82, 2.24) is 14.8 Å². The topological polar surface area (TPSA) is 69.0 Å². The maximum Gasteiger partial charge on any atom is 0.234 e. The summed E-state index contributed by atoms with van der Waals surface area (Å²) in [6.45, 7) is 2.94. The van der Waals surface area contributed by atoms with Gasteiger partial charge in [0.25, 0.3) is 0 Å². The summed E-state index contributed by atoms with van der Waals surface area (Å²) in [7, 11) is 0. The van der Waals surface area contributed by atoms with E-state index in [1.165, 1.54) is 11.8 Å². The summed E-state index contributed by atoms with van der Waals surface area (Å²) in [5.74, 6) is 1.44. The Morgan fingerprint density at radius 1 is 1.09 bits per heavy atom. The largest absolute Gasteiger partial charge is 0.485 e. The van der Waals surface area contributed by atoms with Gasteiger partial charge in [0.05, 0.1) is 16.5 Å². The van der Waals surface area contributed by atoms with Crippen molar-refractivity contribution in [3.63, 3.8) is 0 Å². The van der Waals surface area contributed by atoms with Crippen molar-refractivity contribution in [3.05, 3.63) is 76.5 Å². The monoisotopic (exact) mass is 486 g/mol. The van der Waals surface area contributed by atoms with E-state index in [4.69, 9.17) is 27.9 Å². The Labute approximate surface area is 199 Å². The normalized spacial score (nSPS) is 11.0. The molecule has 1 aromatic heterocycles. The van der Waals surface area contributed by atoms with Crippen LogP contribution >= 0.6 is 35.0 Å². The molecule has 0 saturated heterocycles. The third-order valence-electron chi connectivity index (χ3n) is 4.75. The zero-order chi connectivity index (χ0) is 22.5. The molecule has 0 aliphatic carbocycles. The summed E-state index contributed by atoms with van der Waals surface area (Å²) in [6.07, 6.45) is 0. The predicted octanol–water partition coefficient (Wildman–Crippen LogP) is 6.07. The fourth-order valence-corrected chi connectivity index (χ4v) is 4.38. The molecule has 3 aromatic carbocycles. The number of amides is 1. The number of hydrogen-bond acceptors (Lipinski definition) is 5. The van der Waals surface area contributed by atoms with Crippen molar-refractivity contribution in [2.24, 2.45) is 0 Å². The highest BCUT2D eigenvalue weighted by atomic mass is 35.5. The molecule has 0 atom stereocenters. The Balaban J connectivity index is 1.40. The molecule has 0 radical (unpaired) electrons. The number of nitrogens with zero attached hydrogens (tertiary/aromatic N) is 3. The molecule has 4 aromatic rings. The van der Waals surface area contributed by atoms with E-state index >= 15 is 0 Å². The molecular weight excluding hydrogens is 467 g/mol. The third-order valence-corrected chi connectivity index (χ3v) is 6.28. The standard InChI is InChI=1S/C23H20Cl2N4O2S/c1-2-29-21(13-31-20-9-5-7-15-6-3-4-8-17(15)20)27-28-23(29)32-14-22(30)26-19-12-16(24)10-11-18(19)25/h3-12H,2,13-14H2,1H3,(H,26,30). The molecule has 0 unspecified atom stereocenters. The lowest BCUT2D eigenvalue weighted by Crippen LogP contribution is -2.15. The molecule has 9 heteroatoms. The molecule has 0 saturated carbocycles. The van der Waals surface area contributed by atoms with Crippen molar-refractivity contribution < 1.29 is 9.53 Å². The van der Waals surface area contributed by atoms with Gasteiger partial charge in [-0.2, -0.15) is 0 Å². The first kappa shape index (κ1) is 22.5. The lowest BCUT2D eigenvalue weighted by atomic mass is 10.1. The Hall–Kier alpha value is -2.74. The van der Waals surface area contributed by atoms with Gasteiger partial charge in [0.15, 0.2) is 11.0 Å². The number of nitrogens with one attached hydrogen (secondary N) is 1. The minimum Gasteiger partial charge on any atom is -0.485 e. The predicted molar refractivity (Wildman–Crippen MR) is 130 cm³/mol. The number of thioether (sulfide) groups is 1. The molecule has 164 valence electrons. The smallest absolute Gasteiger partial charge is 0.234 e. The lowest BCUT2D eigenvalue weighted by molar-refractivity contribution is -0.113. The summed E-state index contributed by atoms with van der Waals surface area (Å²) in [6, 6.07) is 18.9. The summed E-state index contributed by atoms with van der Waals surface area (Å²) in [4.78, 5) is 12.4. The van der Waals surface area contributed by atoms with Gasteiger partial charge in [0.2, 0.25) is 5.91 Å². The second-order valence-corrected chi connectivity index (χ2v) is 8.66. The minimum atomic E-state index is -0.210. The second-order valence-electron chi connectivity index (χ2n) is 6.87. The van der Waals surface area contributed by atoms with Gasteiger partial charge in [-0.1, -0.05) is 71.4 Å². The van der Waals surface area contributed by atoms with Crippen LogP contribution in [-0.4, -0.2) is 26.4 Å². The van der Waals surface area contributed by atoms with Crippen LogP contribution in [-0.2, 0) is 17.9 Å². The van der Waals surface area contributed by atoms with Crippen LogP contribution in [0.15, 0.2) is 65.8 Å². The number of carbonyl (C=O) groups excluding carboxylic acids is 1. The van der Waals surface area contributed by atoms with Gasteiger partial charge in [-0.05, 0) is 36.6 Å². The molecule has 32 heavy (non-hydrogen) atoms. The highest BCUT2D eigenvalue weighted by molar-refractivity contribution is 7.99. The first-order valence-corrected chi connectivity index (χ1v) is 11.7. The zero-order valence-corrected chi connectivity index (χ0v) is 19.5. The van der Waals surface area contributed by atoms with Crippen LogP contribution < -0.4 is 10.1 Å². The summed E-state index contributed by atoms with van der Waals surface area (Å²) < 4.78 is 7.99. The molecule has 0 aliphatic heterocycles. The number of hydrogen-bond donors (Lipinski definition) is 1. The van der Waals surface area contributed by atoms with E-state index in [1.807, 2.05) is 54.0 Å². The van der Waals surface area contributed by atoms with Crippen LogP contribution in [0.5, 0.6) is 5.75 Å². The van der Waals surface area contributed by atoms with Crippen molar-refractivity contribution in [1.29, 1.82) is 0 Å². The molecule has 0 fully saturated rings. The van der Waals surface area contributed by atoms with E-state index in [9.17, 15) is 4.79 Å². The van der Waals surface area contributed by atoms with Crippen LogP contribution in [0.4, 0.5) is 5.69 Å². The molecule has 0 aliphatic rings. The molecule has 0 bridgehead atoms. The van der Waals surface area contributed by atoms with Crippen molar-refractivity contribution in [3.8, 4) is 5.75 Å². The van der Waals surface area contributed by atoms with E-state index in [1.54, 1.807) is 18.2 Å². The number of aromatic nitrogens is 3. The Kier molecular flexibility index (Phi) is 7.19. The Morgan fingerprint density at radius 3 is 2.75 bits per heavy atom. The van der Waals surface area contributed by atoms with E-state index in [-0.39, 0.29) is 18.3 Å². The highest BCUT2D eigenvalue weighted by Gasteiger charge is 2.15. The lowest BCUT2D eigenvalue weighted by Gasteiger charge is -2.11. The van der Waals surface area contributed by atoms with E-state index in [0.29, 0.717) is 33.3 Å². The first-order chi connectivity index (χ1) is 15.5. The summed E-state index contributed by atoms with van der Waals surface area (Å²) in [5.41, 5.74) is 0.478. The van der Waals surface area contributed by atoms with E-state index < -0.39 is 0 Å². The zero-order valence-electron chi connectivity index (χ0n) is 17.2. The summed E-state index contributed by atoms with van der Waals surface area (Å²) >= 11 is 13.4. The molecule has 1 N–H and O–H groups in total. The van der Waals surface area contributed by atoms with Gasteiger partial charge >= 0.3 is 0 Å². The van der Waals surface area contributed by atoms with Crippen LogP contribution in [0.2, 0.25) is 10.0 Å². The minimum absolute atomic E-state index is 0.158. The molecular formula is C23H20Cl2N4O2S. The fraction of sp³-hybridized carbons (Fsp3) is 0.174. The van der Waals surface area contributed by atoms with Gasteiger partial charge in [-0.25, -0.2) is 0 Å². The number of halogens is 2. The van der Waals surface area contributed by atoms with Crippen LogP contribution in [0.25, 0.3) is 10.8 Å². The molecule has 1 heterocycles. The quantitative estimate of drug-likeness (QED) is 0.306. The molecule has 6 nitrogen and oxygen atoms in total. The van der Waals surface area contributed by atoms with Gasteiger partial charge in [-0.15, -0.1) is 10.2 Å². The molecule has 4 rings (SSSR count). The average Bonchev–Trinajstić information content (AvgIpc) is 3.20. The fourth-order valence-electron chi connectivity index (χ4n) is 3.22. The Bertz CT molecular complexity index is 1260. The third kappa shape index (κ3) is 5.18. The summed E-state index contributed by atoms with van der Waals surface area (Å²) in [5, 5.41) is 15.0. The van der Waals surface area contributed by atoms with Crippen LogP contribution in [0, 0.1) is 0 Å². The molecule has 1 amide bonds. The maximum absolute atomic E-state index is 12.4. The van der Waals surface area contributed by atoms with Crippen LogP contribution in [0.1, 0.15) is 12.7 Å². The SMILES string of the molecule is CCn1c(COc2cccc3ccccc23)nnc1SCC(=O)Nc1cc(Cl)ccc1Cl. The number of fused-ring (bicyclic) bond motifs is 1. The van der Waals surface area contributed by atoms with Crippen molar-refractivity contribution in [2.45, 2.75) is 25.2 Å². The van der Waals surface area contributed by atoms with Gasteiger partial charge in [0.1, 0.15) is 12.4 Å². The van der Waals surface area contributed by atoms with E-state index in [2.05, 4.69) is 15.5 Å². The van der Waals surface area contributed by atoms with Gasteiger partial charge in [-0.3, -0.25) is 4.79 Å². The first-order valence-electron chi connectivity index (χ1n) is 9.95. The number of anilines is 1. The Morgan fingerprint density at radius 2 is 1.91 bits per heavy atom. The number of rotatable bonds is 8. The highest BCUT2D eigenvalue weighted by Crippen LogP contribution is 2.27. The van der Waals surface area contributed by atoms with Gasteiger partial charge in [0, 0.05) is 17.0 Å². The number of ether oxygens (including phenoxy) is 1. The second kappa shape index (κ2) is 10.3. The number of carbonyl (C=O) groups is 1. The average molecular weight is 487 g/mol.